The van der Waals surface area contributed by atoms with Crippen molar-refractivity contribution in [1.29, 1.82) is 0 Å². The molecule has 1 aromatic rings. The van der Waals surface area contributed by atoms with Crippen LogP contribution >= 0.6 is 0 Å². The lowest BCUT2D eigenvalue weighted by Crippen LogP contribution is -2.51. The van der Waals surface area contributed by atoms with Gasteiger partial charge in [-0.15, -0.1) is 0 Å². The number of carbonyl (C=O) groups is 2. The number of piperazine rings is 1. The first-order chi connectivity index (χ1) is 10.1. The van der Waals surface area contributed by atoms with E-state index in [-0.39, 0.29) is 23.8 Å². The van der Waals surface area contributed by atoms with Crippen molar-refractivity contribution < 1.29 is 14.0 Å². The number of furan rings is 1. The molecule has 2 amide bonds. The normalized spacial score (nSPS) is 26.1. The molecule has 1 aliphatic heterocycles. The van der Waals surface area contributed by atoms with Crippen LogP contribution in [-0.4, -0.2) is 53.8 Å². The van der Waals surface area contributed by atoms with E-state index in [1.54, 1.807) is 17.0 Å². The molecule has 1 saturated carbocycles. The molecule has 2 atom stereocenters. The summed E-state index contributed by atoms with van der Waals surface area (Å²) in [6, 6.07) is 3.54. The minimum absolute atomic E-state index is 0.0762. The maximum atomic E-state index is 12.4. The highest BCUT2D eigenvalue weighted by molar-refractivity contribution is 5.91. The number of rotatable bonds is 2. The standard InChI is InChI=1S/C15H21N3O3/c16-12-4-3-11(10-12)14(19)17-5-7-18(8-6-17)15(20)13-2-1-9-21-13/h1-2,9,11-12H,3-8,10,16H2. The lowest BCUT2D eigenvalue weighted by atomic mass is 10.1. The molecule has 21 heavy (non-hydrogen) atoms. The second-order valence-corrected chi connectivity index (χ2v) is 5.86. The van der Waals surface area contributed by atoms with Crippen LogP contribution in [-0.2, 0) is 4.79 Å². The second-order valence-electron chi connectivity index (χ2n) is 5.86. The summed E-state index contributed by atoms with van der Waals surface area (Å²) in [4.78, 5) is 28.2. The smallest absolute Gasteiger partial charge is 0.289 e. The van der Waals surface area contributed by atoms with Gasteiger partial charge in [-0.3, -0.25) is 9.59 Å². The third-order valence-corrected chi connectivity index (χ3v) is 4.43. The van der Waals surface area contributed by atoms with E-state index >= 15 is 0 Å². The average molecular weight is 291 g/mol. The van der Waals surface area contributed by atoms with Gasteiger partial charge in [-0.1, -0.05) is 0 Å². The van der Waals surface area contributed by atoms with Gasteiger partial charge in [-0.2, -0.15) is 0 Å². The van der Waals surface area contributed by atoms with Crippen molar-refractivity contribution in [1.82, 2.24) is 9.80 Å². The summed E-state index contributed by atoms with van der Waals surface area (Å²) in [7, 11) is 0. The lowest BCUT2D eigenvalue weighted by Gasteiger charge is -2.35. The zero-order valence-corrected chi connectivity index (χ0v) is 12.0. The van der Waals surface area contributed by atoms with Crippen LogP contribution in [0.3, 0.4) is 0 Å². The van der Waals surface area contributed by atoms with E-state index in [0.29, 0.717) is 31.9 Å². The van der Waals surface area contributed by atoms with Gasteiger partial charge in [0.2, 0.25) is 5.91 Å². The van der Waals surface area contributed by atoms with Crippen LogP contribution in [0.25, 0.3) is 0 Å². The number of nitrogens with two attached hydrogens (primary N) is 1. The Balaban J connectivity index is 1.53. The zero-order valence-electron chi connectivity index (χ0n) is 12.0. The van der Waals surface area contributed by atoms with E-state index in [9.17, 15) is 9.59 Å². The quantitative estimate of drug-likeness (QED) is 0.869. The third kappa shape index (κ3) is 2.95. The van der Waals surface area contributed by atoms with Crippen molar-refractivity contribution in [2.24, 2.45) is 11.7 Å². The number of carbonyl (C=O) groups excluding carboxylic acids is 2. The Morgan fingerprint density at radius 2 is 1.86 bits per heavy atom. The molecule has 3 rings (SSSR count). The maximum Gasteiger partial charge on any atom is 0.289 e. The molecular weight excluding hydrogens is 270 g/mol. The van der Waals surface area contributed by atoms with Gasteiger partial charge < -0.3 is 20.0 Å². The molecule has 6 nitrogen and oxygen atoms in total. The van der Waals surface area contributed by atoms with Crippen molar-refractivity contribution >= 4 is 11.8 Å². The molecule has 2 aliphatic rings. The van der Waals surface area contributed by atoms with Gasteiger partial charge in [0.05, 0.1) is 6.26 Å². The van der Waals surface area contributed by atoms with E-state index in [4.69, 9.17) is 10.2 Å². The highest BCUT2D eigenvalue weighted by Gasteiger charge is 2.33. The van der Waals surface area contributed by atoms with E-state index in [1.165, 1.54) is 6.26 Å². The predicted octanol–water partition coefficient (Wildman–Crippen LogP) is 0.691. The van der Waals surface area contributed by atoms with E-state index in [0.717, 1.165) is 19.3 Å². The molecule has 0 bridgehead atoms. The van der Waals surface area contributed by atoms with Gasteiger partial charge in [0, 0.05) is 38.1 Å². The largest absolute Gasteiger partial charge is 0.459 e. The van der Waals surface area contributed by atoms with Crippen molar-refractivity contribution in [2.45, 2.75) is 25.3 Å². The van der Waals surface area contributed by atoms with Crippen LogP contribution in [0.1, 0.15) is 29.8 Å². The highest BCUT2D eigenvalue weighted by atomic mass is 16.3. The summed E-state index contributed by atoms with van der Waals surface area (Å²) in [6.07, 6.45) is 4.12. The predicted molar refractivity (Wildman–Crippen MR) is 76.5 cm³/mol. The zero-order chi connectivity index (χ0) is 14.8. The number of hydrogen-bond donors (Lipinski definition) is 1. The monoisotopic (exact) mass is 291 g/mol. The third-order valence-electron chi connectivity index (χ3n) is 4.43. The highest BCUT2D eigenvalue weighted by Crippen LogP contribution is 2.26. The first-order valence-electron chi connectivity index (χ1n) is 7.52. The summed E-state index contributed by atoms with van der Waals surface area (Å²) in [5.74, 6) is 0.534. The van der Waals surface area contributed by atoms with Crippen molar-refractivity contribution in [2.75, 3.05) is 26.2 Å². The van der Waals surface area contributed by atoms with Gasteiger partial charge in [0.15, 0.2) is 5.76 Å². The molecule has 6 heteroatoms. The molecule has 2 heterocycles. The molecule has 1 aliphatic carbocycles. The van der Waals surface area contributed by atoms with Crippen LogP contribution in [0.4, 0.5) is 0 Å². The van der Waals surface area contributed by atoms with Gasteiger partial charge in [0.25, 0.3) is 5.91 Å². The SMILES string of the molecule is NC1CCC(C(=O)N2CCN(C(=O)c3ccco3)CC2)C1. The van der Waals surface area contributed by atoms with Crippen LogP contribution in [0.15, 0.2) is 22.8 Å². The fourth-order valence-corrected chi connectivity index (χ4v) is 3.18. The number of amides is 2. The Labute approximate surface area is 123 Å². The maximum absolute atomic E-state index is 12.4. The van der Waals surface area contributed by atoms with Crippen LogP contribution in [0.5, 0.6) is 0 Å². The van der Waals surface area contributed by atoms with E-state index < -0.39 is 0 Å². The molecular formula is C15H21N3O3. The lowest BCUT2D eigenvalue weighted by molar-refractivity contribution is -0.136. The van der Waals surface area contributed by atoms with Gasteiger partial charge >= 0.3 is 0 Å². The average Bonchev–Trinajstić information content (AvgIpc) is 3.17. The molecule has 114 valence electrons. The fraction of sp³-hybridized carbons (Fsp3) is 0.600. The molecule has 2 N–H and O–H groups in total. The summed E-state index contributed by atoms with van der Waals surface area (Å²) >= 11 is 0. The Morgan fingerprint density at radius 3 is 2.43 bits per heavy atom. The Bertz CT molecular complexity index is 506. The summed E-state index contributed by atoms with van der Waals surface area (Å²) in [5, 5.41) is 0. The Hall–Kier alpha value is -1.82. The minimum Gasteiger partial charge on any atom is -0.459 e. The van der Waals surface area contributed by atoms with Crippen molar-refractivity contribution in [3.63, 3.8) is 0 Å². The molecule has 0 aromatic carbocycles. The molecule has 1 saturated heterocycles. The number of hydrogen-bond acceptors (Lipinski definition) is 4. The van der Waals surface area contributed by atoms with Crippen LogP contribution in [0, 0.1) is 5.92 Å². The van der Waals surface area contributed by atoms with Crippen LogP contribution in [0.2, 0.25) is 0 Å². The minimum atomic E-state index is -0.102. The molecule has 0 spiro atoms. The van der Waals surface area contributed by atoms with E-state index in [2.05, 4.69) is 0 Å². The topological polar surface area (TPSA) is 79.8 Å². The van der Waals surface area contributed by atoms with Gasteiger partial charge in [-0.05, 0) is 31.4 Å². The van der Waals surface area contributed by atoms with Gasteiger partial charge in [0.1, 0.15) is 0 Å². The first-order valence-corrected chi connectivity index (χ1v) is 7.52. The van der Waals surface area contributed by atoms with Crippen molar-refractivity contribution in [3.8, 4) is 0 Å². The Kier molecular flexibility index (Phi) is 3.96. The Morgan fingerprint density at radius 1 is 1.14 bits per heavy atom. The van der Waals surface area contributed by atoms with Gasteiger partial charge in [-0.25, -0.2) is 0 Å². The summed E-state index contributed by atoms with van der Waals surface area (Å²) in [6.45, 7) is 2.31. The molecule has 0 radical (unpaired) electrons. The fourth-order valence-electron chi connectivity index (χ4n) is 3.18. The first kappa shape index (κ1) is 14.1. The summed E-state index contributed by atoms with van der Waals surface area (Å²) in [5.41, 5.74) is 5.87. The molecule has 2 fully saturated rings. The van der Waals surface area contributed by atoms with E-state index in [1.807, 2.05) is 4.90 Å². The second kappa shape index (κ2) is 5.89. The molecule has 1 aromatic heterocycles. The molecule has 2 unspecified atom stereocenters. The van der Waals surface area contributed by atoms with Crippen LogP contribution < -0.4 is 5.73 Å². The summed E-state index contributed by atoms with van der Waals surface area (Å²) < 4.78 is 5.13. The van der Waals surface area contributed by atoms with Crippen molar-refractivity contribution in [3.05, 3.63) is 24.2 Å². The number of nitrogens with zero attached hydrogens (tertiary/aromatic N) is 2.